The third-order valence-corrected chi connectivity index (χ3v) is 9.61. The molecule has 42 heavy (non-hydrogen) atoms. The second-order valence-electron chi connectivity index (χ2n) is 14.1. The van der Waals surface area contributed by atoms with Crippen LogP contribution < -0.4 is 55.7 Å². The van der Waals surface area contributed by atoms with Gasteiger partial charge in [0.05, 0.1) is 34.2 Å². The molecule has 0 bridgehead atoms. The number of aliphatic imine (C=N–C) groups is 2. The summed E-state index contributed by atoms with van der Waals surface area (Å²) in [4.78, 5) is 34.3. The number of nitrogens with two attached hydrogens (primary N) is 6. The highest BCUT2D eigenvalue weighted by atomic mass is 16.2. The summed E-state index contributed by atoms with van der Waals surface area (Å²) >= 11 is 0. The average molecular weight is 597 g/mol. The Morgan fingerprint density at radius 1 is 0.667 bits per heavy atom. The Balaban J connectivity index is 3.14. The highest BCUT2D eigenvalue weighted by Gasteiger charge is 2.66. The Labute approximate surface area is 252 Å². The van der Waals surface area contributed by atoms with E-state index in [0.717, 1.165) is 0 Å². The average Bonchev–Trinajstić information content (AvgIpc) is 2.81. The molecule has 14 heteroatoms. The number of guanidine groups is 2. The lowest BCUT2D eigenvalue weighted by Crippen LogP contribution is -2.93. The summed E-state index contributed by atoms with van der Waals surface area (Å²) in [5, 5.41) is 14.1. The molecule has 0 spiro atoms. The van der Waals surface area contributed by atoms with E-state index in [4.69, 9.17) is 34.4 Å². The monoisotopic (exact) mass is 596 g/mol. The van der Waals surface area contributed by atoms with E-state index in [1.165, 1.54) is 0 Å². The SMILES string of the molecule is CC(C)(NC(=O)[C@@H](N)CCCN=C(N)N)[C@]1(C)NC(C)(C)[C@](C)(C(C)(C)NC(=O)[C@@H](N)CCCN=C(N)N)NC1(C)C. The van der Waals surface area contributed by atoms with Gasteiger partial charge in [0.25, 0.3) is 0 Å². The van der Waals surface area contributed by atoms with Crippen molar-refractivity contribution in [3.05, 3.63) is 0 Å². The van der Waals surface area contributed by atoms with Crippen LogP contribution in [0.2, 0.25) is 0 Å². The van der Waals surface area contributed by atoms with Crippen LogP contribution in [0.25, 0.3) is 0 Å². The van der Waals surface area contributed by atoms with E-state index in [1.807, 2.05) is 27.7 Å². The minimum absolute atomic E-state index is 0.0138. The Morgan fingerprint density at radius 3 is 1.21 bits per heavy atom. The van der Waals surface area contributed by atoms with Crippen LogP contribution in [0.1, 0.15) is 94.9 Å². The van der Waals surface area contributed by atoms with Gasteiger partial charge in [-0.1, -0.05) is 0 Å². The van der Waals surface area contributed by atoms with Crippen molar-refractivity contribution in [1.29, 1.82) is 0 Å². The molecule has 1 saturated heterocycles. The van der Waals surface area contributed by atoms with Crippen LogP contribution in [0.5, 0.6) is 0 Å². The van der Waals surface area contributed by atoms with Crippen molar-refractivity contribution < 1.29 is 9.59 Å². The molecule has 0 aromatic carbocycles. The van der Waals surface area contributed by atoms with Gasteiger partial charge in [0.1, 0.15) is 0 Å². The highest BCUT2D eigenvalue weighted by molar-refractivity contribution is 5.83. The molecule has 14 nitrogen and oxygen atoms in total. The lowest BCUT2D eigenvalue weighted by molar-refractivity contribution is -0.132. The number of hydrogen-bond acceptors (Lipinski definition) is 8. The zero-order valence-electron chi connectivity index (χ0n) is 27.6. The van der Waals surface area contributed by atoms with Gasteiger partial charge in [0.2, 0.25) is 11.8 Å². The van der Waals surface area contributed by atoms with Gasteiger partial charge in [-0.3, -0.25) is 19.6 Å². The molecule has 0 aromatic heterocycles. The largest absolute Gasteiger partial charge is 0.370 e. The van der Waals surface area contributed by atoms with Crippen LogP contribution in [0, 0.1) is 0 Å². The van der Waals surface area contributed by atoms with Crippen molar-refractivity contribution in [3.63, 3.8) is 0 Å². The van der Waals surface area contributed by atoms with Crippen molar-refractivity contribution >= 4 is 23.7 Å². The van der Waals surface area contributed by atoms with Crippen molar-refractivity contribution in [2.45, 2.75) is 140 Å². The summed E-state index contributed by atoms with van der Waals surface area (Å²) < 4.78 is 0. The first-order valence-electron chi connectivity index (χ1n) is 14.7. The summed E-state index contributed by atoms with van der Waals surface area (Å²) in [5.41, 5.74) is 30.0. The smallest absolute Gasteiger partial charge is 0.237 e. The normalized spacial score (nSPS) is 25.0. The van der Waals surface area contributed by atoms with E-state index in [-0.39, 0.29) is 23.7 Å². The first kappa shape index (κ1) is 37.3. The minimum Gasteiger partial charge on any atom is -0.370 e. The number of amides is 2. The number of carbonyl (C=O) groups excluding carboxylic acids is 2. The molecule has 0 unspecified atom stereocenters. The Bertz CT molecular complexity index is 934. The number of nitrogens with zero attached hydrogens (tertiary/aromatic N) is 2. The van der Waals surface area contributed by atoms with Crippen LogP contribution in [0.4, 0.5) is 0 Å². The van der Waals surface area contributed by atoms with Crippen molar-refractivity contribution in [1.82, 2.24) is 21.3 Å². The Hall–Kier alpha value is -2.68. The predicted octanol–water partition coefficient (Wildman–Crippen LogP) is -1.19. The lowest BCUT2D eigenvalue weighted by atomic mass is 9.57. The lowest BCUT2D eigenvalue weighted by Gasteiger charge is -2.70. The molecular formula is C28H60N12O2. The Kier molecular flexibility index (Phi) is 11.8. The summed E-state index contributed by atoms with van der Waals surface area (Å²) in [6, 6.07) is -1.42. The van der Waals surface area contributed by atoms with E-state index in [1.54, 1.807) is 0 Å². The molecule has 1 heterocycles. The van der Waals surface area contributed by atoms with Crippen LogP contribution in [0.15, 0.2) is 9.98 Å². The van der Waals surface area contributed by atoms with Crippen LogP contribution >= 0.6 is 0 Å². The van der Waals surface area contributed by atoms with E-state index >= 15 is 0 Å². The third kappa shape index (κ3) is 8.23. The summed E-state index contributed by atoms with van der Waals surface area (Å²) in [5.74, 6) is -0.480. The quantitative estimate of drug-likeness (QED) is 0.0650. The Morgan fingerprint density at radius 2 is 0.952 bits per heavy atom. The molecule has 4 atom stereocenters. The zero-order valence-corrected chi connectivity index (χ0v) is 27.6. The fourth-order valence-corrected chi connectivity index (χ4v) is 6.04. The summed E-state index contributed by atoms with van der Waals surface area (Å²) in [6.07, 6.45) is 2.06. The van der Waals surface area contributed by atoms with Crippen LogP contribution in [0.3, 0.4) is 0 Å². The zero-order chi connectivity index (χ0) is 32.9. The minimum atomic E-state index is -0.748. The van der Waals surface area contributed by atoms with Crippen molar-refractivity contribution in [3.8, 4) is 0 Å². The number of carbonyl (C=O) groups is 2. The fraction of sp³-hybridized carbons (Fsp3) is 0.857. The van der Waals surface area contributed by atoms with Gasteiger partial charge in [0.15, 0.2) is 11.9 Å². The summed E-state index contributed by atoms with van der Waals surface area (Å²) in [7, 11) is 0. The van der Waals surface area contributed by atoms with Gasteiger partial charge >= 0.3 is 0 Å². The molecule has 1 aliphatic heterocycles. The molecule has 1 rings (SSSR count). The third-order valence-electron chi connectivity index (χ3n) is 9.61. The molecule has 1 fully saturated rings. The van der Waals surface area contributed by atoms with Gasteiger partial charge in [-0.25, -0.2) is 0 Å². The van der Waals surface area contributed by atoms with Crippen molar-refractivity contribution in [2.75, 3.05) is 13.1 Å². The summed E-state index contributed by atoms with van der Waals surface area (Å²) in [6.45, 7) is 21.3. The first-order chi connectivity index (χ1) is 18.9. The number of nitrogens with one attached hydrogen (secondary N) is 4. The number of rotatable bonds is 14. The van der Waals surface area contributed by atoms with Gasteiger partial charge < -0.3 is 55.7 Å². The first-order valence-corrected chi connectivity index (χ1v) is 14.7. The predicted molar refractivity (Wildman–Crippen MR) is 171 cm³/mol. The van der Waals surface area contributed by atoms with Crippen LogP contribution in [-0.2, 0) is 9.59 Å². The fourth-order valence-electron chi connectivity index (χ4n) is 6.04. The van der Waals surface area contributed by atoms with E-state index < -0.39 is 45.3 Å². The van der Waals surface area contributed by atoms with E-state index in [0.29, 0.717) is 38.8 Å². The maximum Gasteiger partial charge on any atom is 0.237 e. The van der Waals surface area contributed by atoms with E-state index in [9.17, 15) is 9.59 Å². The number of hydrogen-bond donors (Lipinski definition) is 10. The molecule has 0 aromatic rings. The van der Waals surface area contributed by atoms with Gasteiger partial charge in [-0.15, -0.1) is 0 Å². The highest BCUT2D eigenvalue weighted by Crippen LogP contribution is 2.46. The second kappa shape index (κ2) is 13.3. The maximum absolute atomic E-state index is 13.2. The maximum atomic E-state index is 13.2. The standard InChI is InChI=1S/C28H60N12O2/c1-23(2,37-19(41)17(29)13-11-15-35-21(31)32)27(9)25(5,6)40-28(10,26(7,8)39-27)24(3,4)38-20(42)18(30)14-12-16-36-22(33)34/h17-18,39-40H,11-16,29-30H2,1-10H3,(H,37,41)(H,38,42)(H4,31,32,35)(H4,33,34,36)/t17-,18-,27-,28-/m0/s1. The van der Waals surface area contributed by atoms with Crippen LogP contribution in [-0.4, -0.2) is 82.1 Å². The molecular weight excluding hydrogens is 536 g/mol. The van der Waals surface area contributed by atoms with Crippen molar-refractivity contribution in [2.24, 2.45) is 44.4 Å². The molecule has 16 N–H and O–H groups in total. The van der Waals surface area contributed by atoms with Gasteiger partial charge in [-0.05, 0) is 94.9 Å². The van der Waals surface area contributed by atoms with E-state index in [2.05, 4.69) is 72.8 Å². The molecule has 0 aliphatic carbocycles. The van der Waals surface area contributed by atoms with Gasteiger partial charge in [0, 0.05) is 24.2 Å². The molecule has 2 amide bonds. The number of piperazine rings is 1. The molecule has 244 valence electrons. The topological polar surface area (TPSA) is 263 Å². The molecule has 1 aliphatic rings. The second-order valence-corrected chi connectivity index (χ2v) is 14.1. The molecule has 0 radical (unpaired) electrons. The van der Waals surface area contributed by atoms with Gasteiger partial charge in [-0.2, -0.15) is 0 Å². The molecule has 0 saturated carbocycles.